The van der Waals surface area contributed by atoms with Crippen LogP contribution < -0.4 is 20.9 Å². The molecule has 158 valence electrons. The lowest BCUT2D eigenvalue weighted by Gasteiger charge is -2.33. The van der Waals surface area contributed by atoms with Gasteiger partial charge in [0.15, 0.2) is 11.8 Å². The fraction of sp³-hybridized carbons (Fsp3) is 0.0833. The van der Waals surface area contributed by atoms with Gasteiger partial charge < -0.3 is 10.5 Å². The second-order valence-electron chi connectivity index (χ2n) is 7.34. The average Bonchev–Trinajstić information content (AvgIpc) is 2.84. The van der Waals surface area contributed by atoms with Crippen LogP contribution in [0, 0.1) is 0 Å². The van der Waals surface area contributed by atoms with Gasteiger partial charge in [-0.05, 0) is 30.3 Å². The molecule has 0 spiro atoms. The summed E-state index contributed by atoms with van der Waals surface area (Å²) in [4.78, 5) is 40.2. The van der Waals surface area contributed by atoms with E-state index in [9.17, 15) is 14.4 Å². The number of hydrogen-bond donors (Lipinski definition) is 1. The number of amides is 2. The number of hydrogen-bond acceptors (Lipinski definition) is 5. The lowest BCUT2D eigenvalue weighted by molar-refractivity contribution is -0.124. The van der Waals surface area contributed by atoms with Crippen molar-refractivity contribution in [3.8, 4) is 11.4 Å². The number of rotatable bonds is 3. The van der Waals surface area contributed by atoms with Crippen molar-refractivity contribution in [3.63, 3.8) is 0 Å². The molecule has 8 heteroatoms. The number of primary amides is 1. The molecule has 5 rings (SSSR count). The van der Waals surface area contributed by atoms with E-state index >= 15 is 0 Å². The van der Waals surface area contributed by atoms with E-state index in [1.807, 2.05) is 6.07 Å². The number of carbonyl (C=O) groups excluding carboxylic acids is 2. The Morgan fingerprint density at radius 1 is 0.906 bits per heavy atom. The molecule has 32 heavy (non-hydrogen) atoms. The van der Waals surface area contributed by atoms with E-state index in [2.05, 4.69) is 5.10 Å². The highest BCUT2D eigenvalue weighted by molar-refractivity contribution is 6.13. The summed E-state index contributed by atoms with van der Waals surface area (Å²) < 4.78 is 6.88. The molecular weight excluding hydrogens is 408 g/mol. The van der Waals surface area contributed by atoms with Crippen LogP contribution in [0.3, 0.4) is 0 Å². The van der Waals surface area contributed by atoms with Crippen molar-refractivity contribution in [2.24, 2.45) is 5.73 Å². The predicted molar refractivity (Wildman–Crippen MR) is 119 cm³/mol. The number of fused-ring (bicyclic) bond motifs is 2. The van der Waals surface area contributed by atoms with Gasteiger partial charge in [0, 0.05) is 5.39 Å². The van der Waals surface area contributed by atoms with Gasteiger partial charge in [0.1, 0.15) is 5.75 Å². The van der Waals surface area contributed by atoms with Crippen LogP contribution in [-0.2, 0) is 4.79 Å². The average molecular weight is 426 g/mol. The molecule has 2 amide bonds. The Morgan fingerprint density at radius 2 is 1.56 bits per heavy atom. The molecule has 2 N–H and O–H groups in total. The molecule has 2 heterocycles. The van der Waals surface area contributed by atoms with E-state index < -0.39 is 17.9 Å². The zero-order chi connectivity index (χ0) is 22.2. The molecule has 0 bridgehead atoms. The van der Waals surface area contributed by atoms with Gasteiger partial charge in [0.25, 0.3) is 17.4 Å². The van der Waals surface area contributed by atoms with Gasteiger partial charge >= 0.3 is 0 Å². The third-order valence-corrected chi connectivity index (χ3v) is 5.34. The number of ether oxygens (including phenoxy) is 1. The van der Waals surface area contributed by atoms with Crippen LogP contribution in [0.1, 0.15) is 10.5 Å². The van der Waals surface area contributed by atoms with Gasteiger partial charge in [-0.1, -0.05) is 48.5 Å². The molecule has 8 nitrogen and oxygen atoms in total. The number of nitrogens with two attached hydrogens (primary N) is 1. The Balaban J connectivity index is 1.71. The SMILES string of the molecule is NC(=O)[C@@H]1CN(C(=O)c2nn(-c3ccccc3)c(=O)c3ccccc23)c2ccccc2O1. The molecule has 1 aliphatic rings. The van der Waals surface area contributed by atoms with E-state index in [1.165, 1.54) is 9.58 Å². The third-order valence-electron chi connectivity index (χ3n) is 5.34. The van der Waals surface area contributed by atoms with Crippen molar-refractivity contribution in [2.45, 2.75) is 6.10 Å². The fourth-order valence-electron chi connectivity index (χ4n) is 3.79. The number of anilines is 1. The summed E-state index contributed by atoms with van der Waals surface area (Å²) >= 11 is 0. The molecule has 0 saturated carbocycles. The summed E-state index contributed by atoms with van der Waals surface area (Å²) in [5.41, 5.74) is 6.26. The van der Waals surface area contributed by atoms with Crippen molar-refractivity contribution >= 4 is 28.3 Å². The van der Waals surface area contributed by atoms with Crippen molar-refractivity contribution in [1.82, 2.24) is 9.78 Å². The number of nitrogens with zero attached hydrogens (tertiary/aromatic N) is 3. The summed E-state index contributed by atoms with van der Waals surface area (Å²) in [6.07, 6.45) is -1.000. The third kappa shape index (κ3) is 3.18. The molecule has 0 aliphatic carbocycles. The van der Waals surface area contributed by atoms with Gasteiger partial charge in [0.2, 0.25) is 0 Å². The first-order valence-corrected chi connectivity index (χ1v) is 9.99. The minimum Gasteiger partial charge on any atom is -0.477 e. The lowest BCUT2D eigenvalue weighted by atomic mass is 10.1. The quantitative estimate of drug-likeness (QED) is 0.541. The Hall–Kier alpha value is -4.46. The van der Waals surface area contributed by atoms with Crippen LogP contribution >= 0.6 is 0 Å². The van der Waals surface area contributed by atoms with Gasteiger partial charge in [-0.3, -0.25) is 19.3 Å². The molecule has 4 aromatic rings. The summed E-state index contributed by atoms with van der Waals surface area (Å²) in [5.74, 6) is -0.770. The molecule has 3 aromatic carbocycles. The maximum atomic E-state index is 13.8. The normalized spacial score (nSPS) is 15.1. The lowest BCUT2D eigenvalue weighted by Crippen LogP contribution is -2.49. The highest BCUT2D eigenvalue weighted by Crippen LogP contribution is 2.34. The van der Waals surface area contributed by atoms with Gasteiger partial charge in [-0.25, -0.2) is 0 Å². The molecular formula is C24H18N4O4. The van der Waals surface area contributed by atoms with E-state index in [0.29, 0.717) is 27.9 Å². The van der Waals surface area contributed by atoms with Gasteiger partial charge in [0.05, 0.1) is 23.3 Å². The largest absolute Gasteiger partial charge is 0.477 e. The van der Waals surface area contributed by atoms with Crippen molar-refractivity contribution < 1.29 is 14.3 Å². The first-order valence-electron chi connectivity index (χ1n) is 9.99. The molecule has 1 atom stereocenters. The minimum absolute atomic E-state index is 0.0638. The Bertz CT molecular complexity index is 1410. The number of para-hydroxylation sites is 3. The number of benzene rings is 3. The Kier molecular flexibility index (Phi) is 4.67. The number of aromatic nitrogens is 2. The van der Waals surface area contributed by atoms with Crippen LogP contribution in [0.4, 0.5) is 5.69 Å². The summed E-state index contributed by atoms with van der Waals surface area (Å²) in [6, 6.07) is 22.6. The van der Waals surface area contributed by atoms with E-state index in [-0.39, 0.29) is 17.8 Å². The fourth-order valence-corrected chi connectivity index (χ4v) is 3.79. The molecule has 0 radical (unpaired) electrons. The standard InChI is InChI=1S/C24H18N4O4/c25-22(29)20-14-27(18-12-6-7-13-19(18)32-20)24(31)21-16-10-4-5-11-17(16)23(30)28(26-21)15-8-2-1-3-9-15/h1-13,20H,14H2,(H2,25,29)/t20-/m0/s1. The molecule has 0 fully saturated rings. The van der Waals surface area contributed by atoms with Crippen molar-refractivity contribution in [2.75, 3.05) is 11.4 Å². The first kappa shape index (κ1) is 19.5. The highest BCUT2D eigenvalue weighted by Gasteiger charge is 2.34. The Labute approximate surface area is 182 Å². The van der Waals surface area contributed by atoms with Crippen LogP contribution in [0.25, 0.3) is 16.5 Å². The zero-order valence-corrected chi connectivity index (χ0v) is 16.8. The zero-order valence-electron chi connectivity index (χ0n) is 16.8. The molecule has 0 unspecified atom stereocenters. The summed E-state index contributed by atoms with van der Waals surface area (Å²) in [6.45, 7) is -0.0638. The molecule has 1 aliphatic heterocycles. The molecule has 0 saturated heterocycles. The second-order valence-corrected chi connectivity index (χ2v) is 7.34. The molecule has 1 aromatic heterocycles. The minimum atomic E-state index is -1.000. The van der Waals surface area contributed by atoms with Gasteiger partial charge in [-0.15, -0.1) is 0 Å². The smallest absolute Gasteiger partial charge is 0.279 e. The topological polar surface area (TPSA) is 108 Å². The Morgan fingerprint density at radius 3 is 2.31 bits per heavy atom. The van der Waals surface area contributed by atoms with Crippen LogP contribution in [-0.4, -0.2) is 34.2 Å². The van der Waals surface area contributed by atoms with Crippen LogP contribution in [0.5, 0.6) is 5.75 Å². The number of carbonyl (C=O) groups is 2. The monoisotopic (exact) mass is 426 g/mol. The van der Waals surface area contributed by atoms with E-state index in [1.54, 1.807) is 72.8 Å². The second kappa shape index (κ2) is 7.66. The van der Waals surface area contributed by atoms with Crippen LogP contribution in [0.15, 0.2) is 83.7 Å². The van der Waals surface area contributed by atoms with Crippen molar-refractivity contribution in [3.05, 3.63) is 94.9 Å². The summed E-state index contributed by atoms with van der Waals surface area (Å²) in [5, 5.41) is 5.23. The first-order chi connectivity index (χ1) is 15.5. The maximum absolute atomic E-state index is 13.8. The predicted octanol–water partition coefficient (Wildman–Crippen LogP) is 2.28. The summed E-state index contributed by atoms with van der Waals surface area (Å²) in [7, 11) is 0. The van der Waals surface area contributed by atoms with Gasteiger partial charge in [-0.2, -0.15) is 9.78 Å². The highest BCUT2D eigenvalue weighted by atomic mass is 16.5. The van der Waals surface area contributed by atoms with E-state index in [0.717, 1.165) is 0 Å². The maximum Gasteiger partial charge on any atom is 0.279 e. The van der Waals surface area contributed by atoms with Crippen molar-refractivity contribution in [1.29, 1.82) is 0 Å². The van der Waals surface area contributed by atoms with Crippen LogP contribution in [0.2, 0.25) is 0 Å². The van der Waals surface area contributed by atoms with E-state index in [4.69, 9.17) is 10.5 Å².